The number of rotatable bonds is 7. The maximum atomic E-state index is 11.9. The molecule has 0 aliphatic carbocycles. The first-order chi connectivity index (χ1) is 9.79. The fourth-order valence-corrected chi connectivity index (χ4v) is 2.12. The zero-order valence-corrected chi connectivity index (χ0v) is 12.8. The Bertz CT molecular complexity index is 483. The first kappa shape index (κ1) is 17.2. The minimum atomic E-state index is -0.820. The third-order valence-electron chi connectivity index (χ3n) is 3.29. The van der Waals surface area contributed by atoms with Gasteiger partial charge in [-0.15, -0.1) is 0 Å². The number of benzene rings is 1. The monoisotopic (exact) mass is 292 g/mol. The van der Waals surface area contributed by atoms with Gasteiger partial charge in [0.25, 0.3) is 0 Å². The summed E-state index contributed by atoms with van der Waals surface area (Å²) >= 11 is 0. The predicted molar refractivity (Wildman–Crippen MR) is 83.2 cm³/mol. The number of carbonyl (C=O) groups is 2. The van der Waals surface area contributed by atoms with E-state index in [9.17, 15) is 9.59 Å². The molecule has 1 rings (SSSR count). The summed E-state index contributed by atoms with van der Waals surface area (Å²) in [5.41, 5.74) is 7.43. The largest absolute Gasteiger partial charge is 0.481 e. The van der Waals surface area contributed by atoms with E-state index in [1.165, 1.54) is 0 Å². The molecule has 1 amide bonds. The Labute approximate surface area is 125 Å². The zero-order chi connectivity index (χ0) is 16.0. The molecule has 0 aromatic heterocycles. The lowest BCUT2D eigenvalue weighted by molar-refractivity contribution is -0.137. The molecule has 21 heavy (non-hydrogen) atoms. The van der Waals surface area contributed by atoms with E-state index in [1.54, 1.807) is 12.1 Å². The van der Waals surface area contributed by atoms with Crippen LogP contribution in [0.5, 0.6) is 0 Å². The van der Waals surface area contributed by atoms with Gasteiger partial charge in [0.1, 0.15) is 0 Å². The number of carbonyl (C=O) groups excluding carboxylic acids is 1. The quantitative estimate of drug-likeness (QED) is 0.720. The van der Waals surface area contributed by atoms with Crippen molar-refractivity contribution < 1.29 is 14.7 Å². The van der Waals surface area contributed by atoms with E-state index in [4.69, 9.17) is 10.8 Å². The molecule has 5 nitrogen and oxygen atoms in total. The van der Waals surface area contributed by atoms with Crippen LogP contribution in [0.15, 0.2) is 24.3 Å². The molecule has 5 heteroatoms. The number of carboxylic acids is 1. The number of anilines is 1. The average molecular weight is 292 g/mol. The maximum absolute atomic E-state index is 11.9. The third kappa shape index (κ3) is 5.95. The summed E-state index contributed by atoms with van der Waals surface area (Å²) in [7, 11) is 0. The molecule has 1 unspecified atom stereocenters. The zero-order valence-electron chi connectivity index (χ0n) is 12.8. The molecular weight excluding hydrogens is 268 g/mol. The fourth-order valence-electron chi connectivity index (χ4n) is 2.12. The molecule has 0 saturated carbocycles. The van der Waals surface area contributed by atoms with Crippen molar-refractivity contribution in [3.63, 3.8) is 0 Å². The summed E-state index contributed by atoms with van der Waals surface area (Å²) in [6.45, 7) is 5.90. The van der Waals surface area contributed by atoms with Crippen LogP contribution in [-0.4, -0.2) is 23.0 Å². The number of nitrogens with one attached hydrogen (secondary N) is 1. The van der Waals surface area contributed by atoms with Crippen molar-refractivity contribution in [2.45, 2.75) is 45.6 Å². The van der Waals surface area contributed by atoms with Crippen LogP contribution in [0.25, 0.3) is 0 Å². The van der Waals surface area contributed by atoms with Crippen LogP contribution in [-0.2, 0) is 9.59 Å². The second-order valence-corrected chi connectivity index (χ2v) is 5.85. The van der Waals surface area contributed by atoms with E-state index in [0.29, 0.717) is 18.0 Å². The van der Waals surface area contributed by atoms with E-state index in [0.717, 1.165) is 5.56 Å². The van der Waals surface area contributed by atoms with Gasteiger partial charge in [-0.1, -0.05) is 32.9 Å². The Morgan fingerprint density at radius 2 is 1.76 bits per heavy atom. The summed E-state index contributed by atoms with van der Waals surface area (Å²) < 4.78 is 0. The van der Waals surface area contributed by atoms with E-state index < -0.39 is 12.0 Å². The second-order valence-electron chi connectivity index (χ2n) is 5.85. The number of carboxylic acid groups (broad SMARTS) is 1. The Hall–Kier alpha value is -1.88. The third-order valence-corrected chi connectivity index (χ3v) is 3.29. The van der Waals surface area contributed by atoms with Crippen LogP contribution in [0.2, 0.25) is 0 Å². The van der Waals surface area contributed by atoms with E-state index >= 15 is 0 Å². The van der Waals surface area contributed by atoms with E-state index in [-0.39, 0.29) is 18.2 Å². The molecule has 0 aliphatic rings. The highest BCUT2D eigenvalue weighted by Gasteiger charge is 2.15. The number of aliphatic carboxylic acids is 1. The summed E-state index contributed by atoms with van der Waals surface area (Å²) in [4.78, 5) is 22.6. The highest BCUT2D eigenvalue weighted by Crippen LogP contribution is 2.21. The lowest BCUT2D eigenvalue weighted by Gasteiger charge is -2.15. The molecule has 0 radical (unpaired) electrons. The summed E-state index contributed by atoms with van der Waals surface area (Å²) in [6.07, 6.45) is 0.727. The Balaban J connectivity index is 2.62. The average Bonchev–Trinajstić information content (AvgIpc) is 2.37. The SMILES string of the molecule is CC(C)C[C@@H](N)C(=O)Nc1ccc(C(C)CC(=O)O)cc1. The van der Waals surface area contributed by atoms with Gasteiger partial charge in [-0.3, -0.25) is 9.59 Å². The van der Waals surface area contributed by atoms with Gasteiger partial charge < -0.3 is 16.2 Å². The van der Waals surface area contributed by atoms with Gasteiger partial charge in [0.05, 0.1) is 12.5 Å². The molecule has 2 atom stereocenters. The maximum Gasteiger partial charge on any atom is 0.303 e. The highest BCUT2D eigenvalue weighted by atomic mass is 16.4. The second kappa shape index (κ2) is 7.78. The fraction of sp³-hybridized carbons (Fsp3) is 0.500. The van der Waals surface area contributed by atoms with Crippen LogP contribution in [0.3, 0.4) is 0 Å². The van der Waals surface area contributed by atoms with Gasteiger partial charge in [0, 0.05) is 5.69 Å². The summed E-state index contributed by atoms with van der Waals surface area (Å²) in [5, 5.41) is 11.6. The lowest BCUT2D eigenvalue weighted by atomic mass is 9.97. The number of nitrogens with two attached hydrogens (primary N) is 1. The molecule has 0 aliphatic heterocycles. The van der Waals surface area contributed by atoms with Crippen molar-refractivity contribution in [2.75, 3.05) is 5.32 Å². The van der Waals surface area contributed by atoms with Crippen LogP contribution in [0.4, 0.5) is 5.69 Å². The van der Waals surface area contributed by atoms with Gasteiger partial charge >= 0.3 is 5.97 Å². The number of amides is 1. The topological polar surface area (TPSA) is 92.4 Å². The number of hydrogen-bond acceptors (Lipinski definition) is 3. The Kier molecular flexibility index (Phi) is 6.37. The van der Waals surface area contributed by atoms with E-state index in [1.807, 2.05) is 32.9 Å². The summed E-state index contributed by atoms with van der Waals surface area (Å²) in [6, 6.07) is 6.69. The van der Waals surface area contributed by atoms with Crippen LogP contribution in [0.1, 0.15) is 45.1 Å². The molecule has 0 bridgehead atoms. The lowest BCUT2D eigenvalue weighted by Crippen LogP contribution is -2.36. The predicted octanol–water partition coefficient (Wildman–Crippen LogP) is 2.58. The first-order valence-corrected chi connectivity index (χ1v) is 7.17. The van der Waals surface area contributed by atoms with Crippen LogP contribution in [0, 0.1) is 5.92 Å². The van der Waals surface area contributed by atoms with Gasteiger partial charge in [-0.25, -0.2) is 0 Å². The normalized spacial score (nSPS) is 13.8. The molecule has 0 fully saturated rings. The molecular formula is C16H24N2O3. The molecule has 1 aromatic rings. The Morgan fingerprint density at radius 3 is 2.24 bits per heavy atom. The van der Waals surface area contributed by atoms with Crippen molar-refractivity contribution in [3.8, 4) is 0 Å². The first-order valence-electron chi connectivity index (χ1n) is 7.17. The van der Waals surface area contributed by atoms with Gasteiger partial charge in [-0.05, 0) is 36.0 Å². The van der Waals surface area contributed by atoms with Gasteiger partial charge in [-0.2, -0.15) is 0 Å². The van der Waals surface area contributed by atoms with Gasteiger partial charge in [0.15, 0.2) is 0 Å². The Morgan fingerprint density at radius 1 is 1.19 bits per heavy atom. The molecule has 0 saturated heterocycles. The molecule has 0 heterocycles. The molecule has 0 spiro atoms. The van der Waals surface area contributed by atoms with Crippen molar-refractivity contribution in [3.05, 3.63) is 29.8 Å². The van der Waals surface area contributed by atoms with E-state index in [2.05, 4.69) is 5.32 Å². The summed E-state index contributed by atoms with van der Waals surface area (Å²) in [5.74, 6) is -0.713. The minimum Gasteiger partial charge on any atom is -0.481 e. The van der Waals surface area contributed by atoms with Crippen molar-refractivity contribution in [2.24, 2.45) is 11.7 Å². The van der Waals surface area contributed by atoms with Crippen molar-refractivity contribution >= 4 is 17.6 Å². The molecule has 4 N–H and O–H groups in total. The standard InChI is InChI=1S/C16H24N2O3/c1-10(2)8-14(17)16(21)18-13-6-4-12(5-7-13)11(3)9-15(19)20/h4-7,10-11,14H,8-9,17H2,1-3H3,(H,18,21)(H,19,20)/t11?,14-/m1/s1. The smallest absolute Gasteiger partial charge is 0.303 e. The van der Waals surface area contributed by atoms with Crippen LogP contribution >= 0.6 is 0 Å². The minimum absolute atomic E-state index is 0.0598. The number of hydrogen-bond donors (Lipinski definition) is 3. The van der Waals surface area contributed by atoms with Gasteiger partial charge in [0.2, 0.25) is 5.91 Å². The molecule has 1 aromatic carbocycles. The highest BCUT2D eigenvalue weighted by molar-refractivity contribution is 5.94. The van der Waals surface area contributed by atoms with Crippen molar-refractivity contribution in [1.29, 1.82) is 0 Å². The van der Waals surface area contributed by atoms with Crippen molar-refractivity contribution in [1.82, 2.24) is 0 Å². The molecule has 116 valence electrons. The van der Waals surface area contributed by atoms with Crippen LogP contribution < -0.4 is 11.1 Å².